The van der Waals surface area contributed by atoms with Crippen molar-refractivity contribution in [2.24, 2.45) is 5.92 Å². The number of nitrogens with one attached hydrogen (secondary N) is 1. The Balaban J connectivity index is 1.65. The van der Waals surface area contributed by atoms with Crippen LogP contribution in [0.2, 0.25) is 0 Å². The molecule has 0 spiro atoms. The van der Waals surface area contributed by atoms with Gasteiger partial charge in [0.15, 0.2) is 0 Å². The van der Waals surface area contributed by atoms with E-state index < -0.39 is 0 Å². The van der Waals surface area contributed by atoms with Crippen LogP contribution < -0.4 is 5.32 Å². The van der Waals surface area contributed by atoms with Gasteiger partial charge in [0, 0.05) is 37.5 Å². The van der Waals surface area contributed by atoms with Crippen molar-refractivity contribution in [2.45, 2.75) is 19.4 Å². The second-order valence-electron chi connectivity index (χ2n) is 6.51. The van der Waals surface area contributed by atoms with E-state index in [-0.39, 0.29) is 24.2 Å². The fourth-order valence-electron chi connectivity index (χ4n) is 3.19. The lowest BCUT2D eigenvalue weighted by molar-refractivity contribution is 0.0621. The average molecular weight is 342 g/mol. The maximum absolute atomic E-state index is 13.2. The Labute approximate surface area is 147 Å². The van der Waals surface area contributed by atoms with E-state index in [1.54, 1.807) is 12.1 Å². The number of piperidine rings is 1. The lowest BCUT2D eigenvalue weighted by atomic mass is 9.98. The second-order valence-corrected chi connectivity index (χ2v) is 6.51. The highest BCUT2D eigenvalue weighted by Gasteiger charge is 2.24. The predicted octanol–water partition coefficient (Wildman–Crippen LogP) is 3.28. The van der Waals surface area contributed by atoms with Crippen LogP contribution in [0.1, 0.15) is 28.8 Å². The molecule has 2 N–H and O–H groups in total. The number of rotatable bonds is 5. The smallest absolute Gasteiger partial charge is 0.253 e. The lowest BCUT2D eigenvalue weighted by Gasteiger charge is -2.32. The molecule has 1 aliphatic rings. The third-order valence-electron chi connectivity index (χ3n) is 4.56. The quantitative estimate of drug-likeness (QED) is 0.877. The van der Waals surface area contributed by atoms with Gasteiger partial charge in [0.25, 0.3) is 5.91 Å². The van der Waals surface area contributed by atoms with Gasteiger partial charge in [0.2, 0.25) is 0 Å². The molecule has 4 nitrogen and oxygen atoms in total. The first kappa shape index (κ1) is 17.4. The zero-order valence-electron chi connectivity index (χ0n) is 14.1. The number of amides is 1. The van der Waals surface area contributed by atoms with Crippen LogP contribution in [0.25, 0.3) is 0 Å². The molecule has 3 rings (SSSR count). The van der Waals surface area contributed by atoms with Gasteiger partial charge in [0.05, 0.1) is 0 Å². The monoisotopic (exact) mass is 342 g/mol. The molecule has 0 bridgehead atoms. The molecule has 1 amide bonds. The number of carbonyl (C=O) groups is 1. The molecule has 25 heavy (non-hydrogen) atoms. The number of carbonyl (C=O) groups excluding carboxylic acids is 1. The molecule has 0 aliphatic carbocycles. The van der Waals surface area contributed by atoms with Gasteiger partial charge in [0.1, 0.15) is 5.82 Å². The summed E-state index contributed by atoms with van der Waals surface area (Å²) >= 11 is 0. The van der Waals surface area contributed by atoms with Gasteiger partial charge in [-0.2, -0.15) is 0 Å². The highest BCUT2D eigenvalue weighted by Crippen LogP contribution is 2.20. The normalized spacial score (nSPS) is 17.4. The van der Waals surface area contributed by atoms with E-state index in [2.05, 4.69) is 5.32 Å². The van der Waals surface area contributed by atoms with E-state index in [0.717, 1.165) is 30.6 Å². The number of hydrogen-bond donors (Lipinski definition) is 2. The fourth-order valence-corrected chi connectivity index (χ4v) is 3.19. The van der Waals surface area contributed by atoms with Crippen LogP contribution in [-0.2, 0) is 6.54 Å². The molecule has 1 heterocycles. The minimum Gasteiger partial charge on any atom is -0.396 e. The van der Waals surface area contributed by atoms with Crippen molar-refractivity contribution in [1.29, 1.82) is 0 Å². The van der Waals surface area contributed by atoms with Crippen molar-refractivity contribution in [3.63, 3.8) is 0 Å². The molecule has 1 atom stereocenters. The summed E-state index contributed by atoms with van der Waals surface area (Å²) in [5.74, 6) is -0.0914. The SMILES string of the molecule is O=C(c1cccc(NCc2cccc(F)c2)c1)N1CCCC(CO)C1. The Hall–Kier alpha value is -2.40. The largest absolute Gasteiger partial charge is 0.396 e. The highest BCUT2D eigenvalue weighted by atomic mass is 19.1. The summed E-state index contributed by atoms with van der Waals surface area (Å²) in [6.45, 7) is 1.96. The number of halogens is 1. The van der Waals surface area contributed by atoms with Crippen molar-refractivity contribution >= 4 is 11.6 Å². The molecule has 0 radical (unpaired) electrons. The molecular formula is C20H23FN2O2. The van der Waals surface area contributed by atoms with E-state index >= 15 is 0 Å². The number of hydrogen-bond acceptors (Lipinski definition) is 3. The first-order valence-corrected chi connectivity index (χ1v) is 8.64. The molecule has 1 saturated heterocycles. The molecule has 0 saturated carbocycles. The summed E-state index contributed by atoms with van der Waals surface area (Å²) in [7, 11) is 0. The van der Waals surface area contributed by atoms with E-state index in [0.29, 0.717) is 18.7 Å². The van der Waals surface area contributed by atoms with Crippen LogP contribution in [0.3, 0.4) is 0 Å². The summed E-state index contributed by atoms with van der Waals surface area (Å²) in [6.07, 6.45) is 1.89. The van der Waals surface area contributed by atoms with Gasteiger partial charge in [-0.1, -0.05) is 18.2 Å². The summed E-state index contributed by atoms with van der Waals surface area (Å²) in [6, 6.07) is 13.8. The number of likely N-dealkylation sites (tertiary alicyclic amines) is 1. The Morgan fingerprint density at radius 2 is 2.08 bits per heavy atom. The highest BCUT2D eigenvalue weighted by molar-refractivity contribution is 5.95. The molecule has 2 aromatic carbocycles. The van der Waals surface area contributed by atoms with Gasteiger partial charge in [-0.3, -0.25) is 4.79 Å². The van der Waals surface area contributed by atoms with Gasteiger partial charge < -0.3 is 15.3 Å². The van der Waals surface area contributed by atoms with Crippen molar-refractivity contribution in [2.75, 3.05) is 25.0 Å². The molecule has 2 aromatic rings. The number of aliphatic hydroxyl groups excluding tert-OH is 1. The molecule has 5 heteroatoms. The molecule has 1 aliphatic heterocycles. The lowest BCUT2D eigenvalue weighted by Crippen LogP contribution is -2.40. The molecule has 0 aromatic heterocycles. The standard InChI is InChI=1S/C20H23FN2O2/c21-18-7-1-4-15(10-18)12-22-19-8-2-6-17(11-19)20(25)23-9-3-5-16(13-23)14-24/h1-2,4,6-8,10-11,16,22,24H,3,5,9,12-14H2. The fraction of sp³-hybridized carbons (Fsp3) is 0.350. The van der Waals surface area contributed by atoms with Gasteiger partial charge in [-0.25, -0.2) is 4.39 Å². The van der Waals surface area contributed by atoms with Crippen LogP contribution in [0.15, 0.2) is 48.5 Å². The topological polar surface area (TPSA) is 52.6 Å². The maximum atomic E-state index is 13.2. The first-order valence-electron chi connectivity index (χ1n) is 8.64. The summed E-state index contributed by atoms with van der Waals surface area (Å²) in [4.78, 5) is 14.5. The number of nitrogens with zero attached hydrogens (tertiary/aromatic N) is 1. The summed E-state index contributed by atoms with van der Waals surface area (Å²) < 4.78 is 13.2. The zero-order valence-corrected chi connectivity index (χ0v) is 14.1. The molecule has 1 fully saturated rings. The Morgan fingerprint density at radius 3 is 2.88 bits per heavy atom. The van der Waals surface area contributed by atoms with Gasteiger partial charge in [-0.05, 0) is 54.7 Å². The zero-order chi connectivity index (χ0) is 17.6. The van der Waals surface area contributed by atoms with E-state index in [1.807, 2.05) is 29.2 Å². The minimum atomic E-state index is -0.258. The van der Waals surface area contributed by atoms with Crippen LogP contribution in [-0.4, -0.2) is 35.6 Å². The second kappa shape index (κ2) is 8.12. The predicted molar refractivity (Wildman–Crippen MR) is 95.9 cm³/mol. The molecule has 1 unspecified atom stereocenters. The third kappa shape index (κ3) is 4.57. The summed E-state index contributed by atoms with van der Waals surface area (Å²) in [5.41, 5.74) is 2.30. The number of benzene rings is 2. The average Bonchev–Trinajstić information content (AvgIpc) is 2.66. The van der Waals surface area contributed by atoms with Crippen molar-refractivity contribution in [3.05, 3.63) is 65.5 Å². The van der Waals surface area contributed by atoms with E-state index in [9.17, 15) is 14.3 Å². The van der Waals surface area contributed by atoms with E-state index in [1.165, 1.54) is 12.1 Å². The van der Waals surface area contributed by atoms with E-state index in [4.69, 9.17) is 0 Å². The van der Waals surface area contributed by atoms with Gasteiger partial charge >= 0.3 is 0 Å². The Kier molecular flexibility index (Phi) is 5.66. The number of aliphatic hydroxyl groups is 1. The summed E-state index contributed by atoms with van der Waals surface area (Å²) in [5, 5.41) is 12.6. The van der Waals surface area contributed by atoms with Crippen molar-refractivity contribution < 1.29 is 14.3 Å². The minimum absolute atomic E-state index is 0.00689. The Bertz CT molecular complexity index is 735. The third-order valence-corrected chi connectivity index (χ3v) is 4.56. The van der Waals surface area contributed by atoms with Crippen molar-refractivity contribution in [1.82, 2.24) is 4.90 Å². The number of anilines is 1. The van der Waals surface area contributed by atoms with Crippen LogP contribution >= 0.6 is 0 Å². The molecular weight excluding hydrogens is 319 g/mol. The van der Waals surface area contributed by atoms with Crippen LogP contribution in [0, 0.1) is 11.7 Å². The van der Waals surface area contributed by atoms with Crippen molar-refractivity contribution in [3.8, 4) is 0 Å². The van der Waals surface area contributed by atoms with Crippen LogP contribution in [0.4, 0.5) is 10.1 Å². The molecule has 132 valence electrons. The van der Waals surface area contributed by atoms with Gasteiger partial charge in [-0.15, -0.1) is 0 Å². The first-order chi connectivity index (χ1) is 12.2. The maximum Gasteiger partial charge on any atom is 0.253 e. The Morgan fingerprint density at radius 1 is 1.24 bits per heavy atom. The van der Waals surface area contributed by atoms with Crippen LogP contribution in [0.5, 0.6) is 0 Å².